The molecule has 0 saturated carbocycles. The van der Waals surface area contributed by atoms with Crippen LogP contribution >= 0.6 is 0 Å². The maximum absolute atomic E-state index is 3.48. The Hall–Kier alpha value is -1.24. The lowest BCUT2D eigenvalue weighted by atomic mass is 10.1. The van der Waals surface area contributed by atoms with E-state index >= 15 is 0 Å². The van der Waals surface area contributed by atoms with Crippen LogP contribution in [0.2, 0.25) is 0 Å². The molecule has 74 valence electrons. The number of hydrogen-bond acceptors (Lipinski definition) is 0. The molecule has 0 spiro atoms. The van der Waals surface area contributed by atoms with Crippen molar-refractivity contribution in [2.24, 2.45) is 0 Å². The number of para-hydroxylation sites is 1. The summed E-state index contributed by atoms with van der Waals surface area (Å²) in [5.41, 5.74) is 5.46. The second-order valence-corrected chi connectivity index (χ2v) is 3.96. The van der Waals surface area contributed by atoms with E-state index in [0.29, 0.717) is 0 Å². The molecule has 14 heavy (non-hydrogen) atoms. The monoisotopic (exact) mass is 187 g/mol. The Morgan fingerprint density at radius 3 is 2.71 bits per heavy atom. The fourth-order valence-electron chi connectivity index (χ4n) is 2.02. The van der Waals surface area contributed by atoms with Crippen LogP contribution in [0.5, 0.6) is 0 Å². The summed E-state index contributed by atoms with van der Waals surface area (Å²) in [6.07, 6.45) is 2.37. The van der Waals surface area contributed by atoms with Gasteiger partial charge in [0.05, 0.1) is 0 Å². The Balaban J connectivity index is 2.68. The lowest BCUT2D eigenvalue weighted by Crippen LogP contribution is -1.84. The third-order valence-corrected chi connectivity index (χ3v) is 2.95. The summed E-state index contributed by atoms with van der Waals surface area (Å²) in [6.45, 7) is 6.55. The van der Waals surface area contributed by atoms with Gasteiger partial charge in [-0.2, -0.15) is 0 Å². The first-order valence-corrected chi connectivity index (χ1v) is 5.30. The second-order valence-electron chi connectivity index (χ2n) is 3.96. The van der Waals surface area contributed by atoms with Crippen LogP contribution in [0.3, 0.4) is 0 Å². The molecule has 0 aliphatic carbocycles. The fraction of sp³-hybridized carbons (Fsp3) is 0.385. The van der Waals surface area contributed by atoms with Gasteiger partial charge in [-0.05, 0) is 31.4 Å². The molecule has 1 nitrogen and oxygen atoms in total. The van der Waals surface area contributed by atoms with Gasteiger partial charge in [-0.3, -0.25) is 0 Å². The molecule has 0 radical (unpaired) electrons. The topological polar surface area (TPSA) is 15.8 Å². The predicted octanol–water partition coefficient (Wildman–Crippen LogP) is 3.74. The Morgan fingerprint density at radius 2 is 2.00 bits per heavy atom. The smallest absolute Gasteiger partial charge is 0.0491 e. The van der Waals surface area contributed by atoms with Crippen molar-refractivity contribution in [3.05, 3.63) is 35.0 Å². The number of aromatic amines is 1. The SMILES string of the molecule is CCCc1cccc2c(C)c(C)[nH]c12. The van der Waals surface area contributed by atoms with Crippen LogP contribution in [0.25, 0.3) is 10.9 Å². The van der Waals surface area contributed by atoms with Gasteiger partial charge in [0.1, 0.15) is 0 Å². The maximum Gasteiger partial charge on any atom is 0.0491 e. The summed E-state index contributed by atoms with van der Waals surface area (Å²) >= 11 is 0. The molecule has 0 amide bonds. The maximum atomic E-state index is 3.48. The molecule has 0 unspecified atom stereocenters. The molecule has 0 aliphatic heterocycles. The summed E-state index contributed by atoms with van der Waals surface area (Å²) in [5, 5.41) is 1.38. The Kier molecular flexibility index (Phi) is 2.32. The van der Waals surface area contributed by atoms with E-state index in [1.54, 1.807) is 0 Å². The van der Waals surface area contributed by atoms with Gasteiger partial charge in [0, 0.05) is 16.6 Å². The number of H-pyrrole nitrogens is 1. The number of nitrogens with one attached hydrogen (secondary N) is 1. The highest BCUT2D eigenvalue weighted by atomic mass is 14.7. The Labute approximate surface area is 85.1 Å². The first-order chi connectivity index (χ1) is 6.74. The van der Waals surface area contributed by atoms with Crippen LogP contribution in [0.4, 0.5) is 0 Å². The highest BCUT2D eigenvalue weighted by molar-refractivity contribution is 5.87. The Bertz CT molecular complexity index is 451. The van der Waals surface area contributed by atoms with Crippen LogP contribution in [0.15, 0.2) is 18.2 Å². The molecule has 1 N–H and O–H groups in total. The van der Waals surface area contributed by atoms with Gasteiger partial charge in [-0.25, -0.2) is 0 Å². The average Bonchev–Trinajstić information content (AvgIpc) is 2.46. The average molecular weight is 187 g/mol. The molecule has 1 heterocycles. The predicted molar refractivity (Wildman–Crippen MR) is 61.8 cm³/mol. The van der Waals surface area contributed by atoms with E-state index in [9.17, 15) is 0 Å². The second kappa shape index (κ2) is 3.49. The number of benzene rings is 1. The van der Waals surface area contributed by atoms with Gasteiger partial charge >= 0.3 is 0 Å². The van der Waals surface area contributed by atoms with Crippen molar-refractivity contribution in [1.82, 2.24) is 4.98 Å². The first-order valence-electron chi connectivity index (χ1n) is 5.30. The lowest BCUT2D eigenvalue weighted by molar-refractivity contribution is 0.927. The van der Waals surface area contributed by atoms with Crippen molar-refractivity contribution in [2.75, 3.05) is 0 Å². The zero-order valence-electron chi connectivity index (χ0n) is 9.15. The van der Waals surface area contributed by atoms with E-state index in [0.717, 1.165) is 6.42 Å². The number of aryl methyl sites for hydroxylation is 3. The number of fused-ring (bicyclic) bond motifs is 1. The molecule has 2 rings (SSSR count). The molecule has 2 aromatic rings. The summed E-state index contributed by atoms with van der Waals surface area (Å²) in [4.78, 5) is 3.48. The van der Waals surface area contributed by atoms with Crippen molar-refractivity contribution >= 4 is 10.9 Å². The van der Waals surface area contributed by atoms with Crippen molar-refractivity contribution in [3.63, 3.8) is 0 Å². The largest absolute Gasteiger partial charge is 0.358 e. The third kappa shape index (κ3) is 1.33. The number of aromatic nitrogens is 1. The zero-order chi connectivity index (χ0) is 10.1. The van der Waals surface area contributed by atoms with Crippen molar-refractivity contribution < 1.29 is 0 Å². The van der Waals surface area contributed by atoms with Gasteiger partial charge < -0.3 is 4.98 Å². The van der Waals surface area contributed by atoms with Gasteiger partial charge in [0.15, 0.2) is 0 Å². The minimum absolute atomic E-state index is 1.16. The van der Waals surface area contributed by atoms with Crippen molar-refractivity contribution in [1.29, 1.82) is 0 Å². The molecule has 0 atom stereocenters. The highest BCUT2D eigenvalue weighted by Gasteiger charge is 2.06. The van der Waals surface area contributed by atoms with E-state index in [1.807, 2.05) is 0 Å². The molecular formula is C13H17N. The van der Waals surface area contributed by atoms with Gasteiger partial charge in [-0.1, -0.05) is 31.5 Å². The molecule has 1 aromatic heterocycles. The lowest BCUT2D eigenvalue weighted by Gasteiger charge is -2.00. The molecular weight excluding hydrogens is 170 g/mol. The molecule has 0 saturated heterocycles. The quantitative estimate of drug-likeness (QED) is 0.737. The fourth-order valence-corrected chi connectivity index (χ4v) is 2.02. The molecule has 1 heteroatoms. The number of hydrogen-bond donors (Lipinski definition) is 1. The Morgan fingerprint density at radius 1 is 1.21 bits per heavy atom. The van der Waals surface area contributed by atoms with Crippen molar-refractivity contribution in [2.45, 2.75) is 33.6 Å². The highest BCUT2D eigenvalue weighted by Crippen LogP contribution is 2.24. The molecule has 1 aromatic carbocycles. The summed E-state index contributed by atoms with van der Waals surface area (Å²) in [6, 6.07) is 6.59. The standard InChI is InChI=1S/C13H17N/c1-4-6-11-7-5-8-12-9(2)10(3)14-13(11)12/h5,7-8,14H,4,6H2,1-3H3. The zero-order valence-corrected chi connectivity index (χ0v) is 9.15. The first kappa shape index (κ1) is 9.32. The minimum atomic E-state index is 1.16. The molecule has 0 fully saturated rings. The van der Waals surface area contributed by atoms with Crippen LogP contribution in [0.1, 0.15) is 30.2 Å². The minimum Gasteiger partial charge on any atom is -0.358 e. The van der Waals surface area contributed by atoms with Crippen molar-refractivity contribution in [3.8, 4) is 0 Å². The summed E-state index contributed by atoms with van der Waals surface area (Å²) in [7, 11) is 0. The summed E-state index contributed by atoms with van der Waals surface area (Å²) < 4.78 is 0. The van der Waals surface area contributed by atoms with Crippen LogP contribution < -0.4 is 0 Å². The van der Waals surface area contributed by atoms with Gasteiger partial charge in [-0.15, -0.1) is 0 Å². The van der Waals surface area contributed by atoms with E-state index in [-0.39, 0.29) is 0 Å². The van der Waals surface area contributed by atoms with Crippen LogP contribution in [0, 0.1) is 13.8 Å². The number of rotatable bonds is 2. The molecule has 0 bridgehead atoms. The van der Waals surface area contributed by atoms with Crippen LogP contribution in [-0.4, -0.2) is 4.98 Å². The van der Waals surface area contributed by atoms with Gasteiger partial charge in [0.25, 0.3) is 0 Å². The summed E-state index contributed by atoms with van der Waals surface area (Å²) in [5.74, 6) is 0. The van der Waals surface area contributed by atoms with E-state index in [4.69, 9.17) is 0 Å². The van der Waals surface area contributed by atoms with Crippen LogP contribution in [-0.2, 0) is 6.42 Å². The molecule has 0 aliphatic rings. The van der Waals surface area contributed by atoms with E-state index in [2.05, 4.69) is 44.0 Å². The van der Waals surface area contributed by atoms with E-state index in [1.165, 1.54) is 34.1 Å². The third-order valence-electron chi connectivity index (χ3n) is 2.95. The van der Waals surface area contributed by atoms with E-state index < -0.39 is 0 Å². The van der Waals surface area contributed by atoms with Gasteiger partial charge in [0.2, 0.25) is 0 Å². The normalized spacial score (nSPS) is 11.1.